The predicted octanol–water partition coefficient (Wildman–Crippen LogP) is 5.70. The summed E-state index contributed by atoms with van der Waals surface area (Å²) in [4.78, 5) is 9.06. The summed E-state index contributed by atoms with van der Waals surface area (Å²) in [5.74, 6) is 2.54. The lowest BCUT2D eigenvalue weighted by Gasteiger charge is -2.12. The number of benzene rings is 3. The zero-order chi connectivity index (χ0) is 25.0. The van der Waals surface area contributed by atoms with Gasteiger partial charge >= 0.3 is 0 Å². The summed E-state index contributed by atoms with van der Waals surface area (Å²) in [6.07, 6.45) is 0. The zero-order valence-electron chi connectivity index (χ0n) is 20.0. The number of nitrogens with one attached hydrogen (secondary N) is 3. The van der Waals surface area contributed by atoms with Gasteiger partial charge in [-0.25, -0.2) is 18.4 Å². The van der Waals surface area contributed by atoms with Gasteiger partial charge in [-0.2, -0.15) is 0 Å². The van der Waals surface area contributed by atoms with Crippen molar-refractivity contribution >= 4 is 38.7 Å². The van der Waals surface area contributed by atoms with E-state index in [1.54, 1.807) is 50.4 Å². The first-order valence-corrected chi connectivity index (χ1v) is 12.4. The van der Waals surface area contributed by atoms with Crippen LogP contribution in [-0.2, 0) is 10.0 Å². The molecule has 35 heavy (non-hydrogen) atoms. The number of methoxy groups -OCH3 is 1. The highest BCUT2D eigenvalue weighted by molar-refractivity contribution is 7.92. The fraction of sp³-hybridized carbons (Fsp3) is 0.154. The van der Waals surface area contributed by atoms with Gasteiger partial charge in [-0.1, -0.05) is 17.7 Å². The maximum atomic E-state index is 12.8. The Morgan fingerprint density at radius 1 is 0.714 bits per heavy atom. The highest BCUT2D eigenvalue weighted by Gasteiger charge is 2.16. The maximum Gasteiger partial charge on any atom is 0.261 e. The number of sulfonamides is 1. The highest BCUT2D eigenvalue weighted by atomic mass is 32.2. The molecule has 4 aromatic rings. The first kappa shape index (κ1) is 24.0. The normalized spacial score (nSPS) is 11.1. The third-order valence-corrected chi connectivity index (χ3v) is 6.63. The number of aromatic nitrogens is 2. The van der Waals surface area contributed by atoms with Gasteiger partial charge in [-0.15, -0.1) is 0 Å². The number of hydrogen-bond donors (Lipinski definition) is 3. The molecule has 0 spiro atoms. The van der Waals surface area contributed by atoms with E-state index in [1.807, 2.05) is 44.2 Å². The first-order chi connectivity index (χ1) is 16.7. The quantitative estimate of drug-likeness (QED) is 0.292. The summed E-state index contributed by atoms with van der Waals surface area (Å²) in [6.45, 7) is 5.66. The molecule has 0 aliphatic rings. The van der Waals surface area contributed by atoms with Crippen LogP contribution < -0.4 is 20.1 Å². The van der Waals surface area contributed by atoms with Gasteiger partial charge in [-0.05, 0) is 80.9 Å². The molecule has 1 aromatic heterocycles. The molecule has 0 saturated carbocycles. The Balaban J connectivity index is 1.46. The van der Waals surface area contributed by atoms with Crippen LogP contribution in [-0.4, -0.2) is 25.5 Å². The van der Waals surface area contributed by atoms with Gasteiger partial charge in [0, 0.05) is 23.1 Å². The Bertz CT molecular complexity index is 1440. The van der Waals surface area contributed by atoms with Gasteiger partial charge < -0.3 is 15.4 Å². The van der Waals surface area contributed by atoms with E-state index in [4.69, 9.17) is 4.74 Å². The van der Waals surface area contributed by atoms with Crippen molar-refractivity contribution in [1.82, 2.24) is 9.97 Å². The third-order valence-electron chi connectivity index (χ3n) is 5.25. The second-order valence-electron chi connectivity index (χ2n) is 8.12. The SMILES string of the molecule is COc1ccc(S(=O)(=O)Nc2ccc(Nc3cc(Nc4ccc(C)cc4)nc(C)n3)cc2)cc1C. The van der Waals surface area contributed by atoms with Crippen molar-refractivity contribution in [3.8, 4) is 5.75 Å². The Morgan fingerprint density at radius 3 is 1.80 bits per heavy atom. The summed E-state index contributed by atoms with van der Waals surface area (Å²) in [7, 11) is -2.18. The molecule has 0 aliphatic carbocycles. The van der Waals surface area contributed by atoms with Gasteiger partial charge in [0.2, 0.25) is 0 Å². The standard InChI is InChI=1S/C26H27N5O3S/c1-17-5-7-20(8-6-17)29-25-16-26(28-19(3)27-25)30-21-9-11-22(12-10-21)31-35(32,33)23-13-14-24(34-4)18(2)15-23/h5-16,31H,1-4H3,(H2,27,28,29,30). The molecule has 8 nitrogen and oxygen atoms in total. The number of anilines is 5. The van der Waals surface area contributed by atoms with Crippen molar-refractivity contribution in [1.29, 1.82) is 0 Å². The van der Waals surface area contributed by atoms with E-state index in [-0.39, 0.29) is 4.90 Å². The molecule has 4 rings (SSSR count). The van der Waals surface area contributed by atoms with Crippen molar-refractivity contribution in [3.05, 3.63) is 89.7 Å². The molecule has 3 N–H and O–H groups in total. The van der Waals surface area contributed by atoms with Crippen LogP contribution in [0.25, 0.3) is 0 Å². The summed E-state index contributed by atoms with van der Waals surface area (Å²) in [5.41, 5.74) is 4.06. The van der Waals surface area contributed by atoms with Gasteiger partial charge in [0.1, 0.15) is 23.2 Å². The van der Waals surface area contributed by atoms with Gasteiger partial charge in [0.25, 0.3) is 10.0 Å². The third kappa shape index (κ3) is 6.07. The van der Waals surface area contributed by atoms with Crippen molar-refractivity contribution in [2.24, 2.45) is 0 Å². The molecule has 0 radical (unpaired) electrons. The van der Waals surface area contributed by atoms with Crippen LogP contribution in [0, 0.1) is 20.8 Å². The summed E-state index contributed by atoms with van der Waals surface area (Å²) >= 11 is 0. The van der Waals surface area contributed by atoms with E-state index in [2.05, 4.69) is 25.3 Å². The fourth-order valence-electron chi connectivity index (χ4n) is 3.48. The first-order valence-electron chi connectivity index (χ1n) is 11.0. The van der Waals surface area contributed by atoms with Crippen LogP contribution in [0.1, 0.15) is 17.0 Å². The highest BCUT2D eigenvalue weighted by Crippen LogP contribution is 2.25. The Morgan fingerprint density at radius 2 is 1.26 bits per heavy atom. The molecule has 0 amide bonds. The lowest BCUT2D eigenvalue weighted by molar-refractivity contribution is 0.411. The minimum Gasteiger partial charge on any atom is -0.496 e. The minimum atomic E-state index is -3.73. The molecule has 0 aliphatic heterocycles. The Hall–Kier alpha value is -4.11. The largest absolute Gasteiger partial charge is 0.496 e. The van der Waals surface area contributed by atoms with E-state index in [1.165, 1.54) is 11.6 Å². The van der Waals surface area contributed by atoms with Crippen molar-refractivity contribution in [2.75, 3.05) is 22.5 Å². The molecule has 0 fully saturated rings. The lowest BCUT2D eigenvalue weighted by Crippen LogP contribution is -2.13. The number of rotatable bonds is 8. The molecular formula is C26H27N5O3S. The van der Waals surface area contributed by atoms with Gasteiger partial charge in [0.05, 0.1) is 12.0 Å². The van der Waals surface area contributed by atoms with Crippen LogP contribution >= 0.6 is 0 Å². The summed E-state index contributed by atoms with van der Waals surface area (Å²) in [5, 5.41) is 6.52. The van der Waals surface area contributed by atoms with E-state index < -0.39 is 10.0 Å². The molecule has 180 valence electrons. The average Bonchev–Trinajstić information content (AvgIpc) is 2.81. The zero-order valence-corrected chi connectivity index (χ0v) is 20.8. The predicted molar refractivity (Wildman–Crippen MR) is 139 cm³/mol. The number of nitrogens with zero attached hydrogens (tertiary/aromatic N) is 2. The van der Waals surface area contributed by atoms with E-state index in [0.29, 0.717) is 28.9 Å². The molecule has 3 aromatic carbocycles. The lowest BCUT2D eigenvalue weighted by atomic mass is 10.2. The topological polar surface area (TPSA) is 105 Å². The molecular weight excluding hydrogens is 462 g/mol. The maximum absolute atomic E-state index is 12.8. The second kappa shape index (κ2) is 10.0. The molecule has 0 atom stereocenters. The van der Waals surface area contributed by atoms with E-state index in [9.17, 15) is 8.42 Å². The van der Waals surface area contributed by atoms with Crippen LogP contribution in [0.5, 0.6) is 5.75 Å². The fourth-order valence-corrected chi connectivity index (χ4v) is 4.63. The average molecular weight is 490 g/mol. The Labute approximate surface area is 205 Å². The molecule has 0 saturated heterocycles. The monoisotopic (exact) mass is 489 g/mol. The number of hydrogen-bond acceptors (Lipinski definition) is 7. The van der Waals surface area contributed by atoms with Crippen LogP contribution in [0.3, 0.4) is 0 Å². The second-order valence-corrected chi connectivity index (χ2v) is 9.80. The van der Waals surface area contributed by atoms with Crippen LogP contribution in [0.4, 0.5) is 28.7 Å². The summed E-state index contributed by atoms with van der Waals surface area (Å²) < 4.78 is 33.4. The van der Waals surface area contributed by atoms with E-state index in [0.717, 1.165) is 16.9 Å². The molecule has 9 heteroatoms. The molecule has 0 bridgehead atoms. The molecule has 0 unspecified atom stereocenters. The van der Waals surface area contributed by atoms with Gasteiger partial charge in [-0.3, -0.25) is 4.72 Å². The molecule has 1 heterocycles. The van der Waals surface area contributed by atoms with Crippen molar-refractivity contribution in [2.45, 2.75) is 25.7 Å². The van der Waals surface area contributed by atoms with Gasteiger partial charge in [0.15, 0.2) is 0 Å². The van der Waals surface area contributed by atoms with Crippen molar-refractivity contribution in [3.63, 3.8) is 0 Å². The van der Waals surface area contributed by atoms with Crippen LogP contribution in [0.2, 0.25) is 0 Å². The Kier molecular flexibility index (Phi) is 6.88. The van der Waals surface area contributed by atoms with E-state index >= 15 is 0 Å². The van der Waals surface area contributed by atoms with Crippen LogP contribution in [0.15, 0.2) is 77.7 Å². The van der Waals surface area contributed by atoms with Crippen molar-refractivity contribution < 1.29 is 13.2 Å². The number of aryl methyl sites for hydroxylation is 3. The minimum absolute atomic E-state index is 0.170. The number of ether oxygens (including phenoxy) is 1. The smallest absolute Gasteiger partial charge is 0.261 e. The summed E-state index contributed by atoms with van der Waals surface area (Å²) in [6, 6.07) is 21.5.